The lowest BCUT2D eigenvalue weighted by atomic mass is 10.1. The van der Waals surface area contributed by atoms with Gasteiger partial charge < -0.3 is 10.2 Å². The highest BCUT2D eigenvalue weighted by molar-refractivity contribution is 7.89. The first kappa shape index (κ1) is 18.1. The van der Waals surface area contributed by atoms with Crippen LogP contribution in [0.15, 0.2) is 48.5 Å². The summed E-state index contributed by atoms with van der Waals surface area (Å²) in [7, 11) is -3.18. The fraction of sp³-hybridized carbons (Fsp3) is 0.263. The number of anilines is 2. The summed E-state index contributed by atoms with van der Waals surface area (Å²) in [5, 5.41) is 2.83. The molecular weight excluding hydrogens is 352 g/mol. The molecule has 2 aromatic rings. The van der Waals surface area contributed by atoms with Crippen LogP contribution in [-0.2, 0) is 20.4 Å². The Morgan fingerprint density at radius 2 is 1.92 bits per heavy atom. The van der Waals surface area contributed by atoms with Gasteiger partial charge in [-0.2, -0.15) is 0 Å². The molecular formula is C19H20N2O4S. The third kappa shape index (κ3) is 4.29. The van der Waals surface area contributed by atoms with E-state index in [0.29, 0.717) is 35.5 Å². The first-order valence-corrected chi connectivity index (χ1v) is 10.4. The van der Waals surface area contributed by atoms with E-state index in [0.717, 1.165) is 12.7 Å². The van der Waals surface area contributed by atoms with Gasteiger partial charge in [-0.3, -0.25) is 9.59 Å². The number of carbonyl (C=O) groups excluding carboxylic acids is 2. The fourth-order valence-corrected chi connectivity index (χ4v) is 3.80. The molecule has 0 aromatic heterocycles. The largest absolute Gasteiger partial charge is 0.320 e. The van der Waals surface area contributed by atoms with Crippen molar-refractivity contribution < 1.29 is 18.0 Å². The number of carbonyl (C=O) groups is 2. The first-order chi connectivity index (χ1) is 12.3. The van der Waals surface area contributed by atoms with Crippen molar-refractivity contribution in [3.8, 4) is 0 Å². The average molecular weight is 372 g/mol. The second-order valence-corrected chi connectivity index (χ2v) is 8.53. The average Bonchev–Trinajstić information content (AvgIpc) is 3.00. The molecule has 0 aliphatic carbocycles. The van der Waals surface area contributed by atoms with Gasteiger partial charge in [-0.05, 0) is 36.2 Å². The zero-order chi connectivity index (χ0) is 18.7. The predicted octanol–water partition coefficient (Wildman–Crippen LogP) is 2.61. The first-order valence-electron chi connectivity index (χ1n) is 8.31. The van der Waals surface area contributed by atoms with E-state index in [-0.39, 0.29) is 17.6 Å². The molecule has 1 N–H and O–H groups in total. The highest BCUT2D eigenvalue weighted by Gasteiger charge is 2.24. The molecule has 1 saturated heterocycles. The Morgan fingerprint density at radius 3 is 2.62 bits per heavy atom. The molecule has 0 radical (unpaired) electrons. The minimum absolute atomic E-state index is 0.0434. The molecule has 1 aliphatic rings. The summed E-state index contributed by atoms with van der Waals surface area (Å²) in [6.45, 7) is 0.634. The molecule has 2 amide bonds. The number of hydrogen-bond donors (Lipinski definition) is 1. The molecule has 3 rings (SSSR count). The van der Waals surface area contributed by atoms with Crippen molar-refractivity contribution in [1.82, 2.24) is 0 Å². The summed E-state index contributed by atoms with van der Waals surface area (Å²) in [6, 6.07) is 13.7. The standard InChI is InChI=1S/C19H20N2O4S/c1-26(24,25)13-14-6-4-7-15(12-14)19(23)20-16-8-2-3-9-17(16)21-11-5-10-18(21)22/h2-4,6-9,12H,5,10-11,13H2,1H3,(H,20,23). The summed E-state index contributed by atoms with van der Waals surface area (Å²) in [4.78, 5) is 26.3. The van der Waals surface area contributed by atoms with E-state index in [9.17, 15) is 18.0 Å². The molecule has 0 saturated carbocycles. The smallest absolute Gasteiger partial charge is 0.255 e. The lowest BCUT2D eigenvalue weighted by Gasteiger charge is -2.20. The summed E-state index contributed by atoms with van der Waals surface area (Å²) in [5.74, 6) is -0.422. The van der Waals surface area contributed by atoms with Gasteiger partial charge in [-0.25, -0.2) is 8.42 Å². The monoisotopic (exact) mass is 372 g/mol. The van der Waals surface area contributed by atoms with Crippen LogP contribution in [0.5, 0.6) is 0 Å². The number of hydrogen-bond acceptors (Lipinski definition) is 4. The number of para-hydroxylation sites is 2. The van der Waals surface area contributed by atoms with E-state index in [1.165, 1.54) is 0 Å². The van der Waals surface area contributed by atoms with Crippen LogP contribution in [0.3, 0.4) is 0 Å². The van der Waals surface area contributed by atoms with Crippen molar-refractivity contribution in [3.63, 3.8) is 0 Å². The summed E-state index contributed by atoms with van der Waals surface area (Å²) >= 11 is 0. The summed E-state index contributed by atoms with van der Waals surface area (Å²) in [6.07, 6.45) is 2.47. The van der Waals surface area contributed by atoms with Crippen molar-refractivity contribution in [2.45, 2.75) is 18.6 Å². The van der Waals surface area contributed by atoms with E-state index in [4.69, 9.17) is 0 Å². The number of amides is 2. The van der Waals surface area contributed by atoms with Crippen LogP contribution in [-0.4, -0.2) is 33.0 Å². The predicted molar refractivity (Wildman–Crippen MR) is 101 cm³/mol. The van der Waals surface area contributed by atoms with Gasteiger partial charge >= 0.3 is 0 Å². The Kier molecular flexibility index (Phi) is 5.08. The summed E-state index contributed by atoms with van der Waals surface area (Å²) in [5.41, 5.74) is 2.16. The van der Waals surface area contributed by atoms with Crippen molar-refractivity contribution in [2.24, 2.45) is 0 Å². The van der Waals surface area contributed by atoms with Crippen molar-refractivity contribution in [2.75, 3.05) is 23.0 Å². The molecule has 0 atom stereocenters. The molecule has 0 unspecified atom stereocenters. The SMILES string of the molecule is CS(=O)(=O)Cc1cccc(C(=O)Nc2ccccc2N2CCCC2=O)c1. The van der Waals surface area contributed by atoms with Crippen LogP contribution in [0.1, 0.15) is 28.8 Å². The Hall–Kier alpha value is -2.67. The van der Waals surface area contributed by atoms with Crippen molar-refractivity contribution in [1.29, 1.82) is 0 Å². The third-order valence-corrected chi connectivity index (χ3v) is 4.99. The van der Waals surface area contributed by atoms with Crippen LogP contribution in [0.25, 0.3) is 0 Å². The van der Waals surface area contributed by atoms with Crippen LogP contribution in [0.4, 0.5) is 11.4 Å². The Morgan fingerprint density at radius 1 is 1.15 bits per heavy atom. The molecule has 136 valence electrons. The van der Waals surface area contributed by atoms with Gasteiger partial charge in [-0.15, -0.1) is 0 Å². The van der Waals surface area contributed by atoms with E-state index >= 15 is 0 Å². The van der Waals surface area contributed by atoms with Crippen LogP contribution in [0.2, 0.25) is 0 Å². The van der Waals surface area contributed by atoms with E-state index in [2.05, 4.69) is 5.32 Å². The normalized spacial score (nSPS) is 14.5. The third-order valence-electron chi connectivity index (χ3n) is 4.13. The van der Waals surface area contributed by atoms with Crippen molar-refractivity contribution >= 4 is 33.0 Å². The minimum atomic E-state index is -3.18. The second-order valence-electron chi connectivity index (χ2n) is 6.39. The number of rotatable bonds is 5. The van der Waals surface area contributed by atoms with Gasteiger partial charge in [-0.1, -0.05) is 24.3 Å². The number of benzene rings is 2. The van der Waals surface area contributed by atoms with Gasteiger partial charge in [0.25, 0.3) is 5.91 Å². The molecule has 1 fully saturated rings. The maximum atomic E-state index is 12.6. The minimum Gasteiger partial charge on any atom is -0.320 e. The number of sulfone groups is 1. The molecule has 1 heterocycles. The lowest BCUT2D eigenvalue weighted by Crippen LogP contribution is -2.25. The highest BCUT2D eigenvalue weighted by atomic mass is 32.2. The quantitative estimate of drug-likeness (QED) is 0.874. The van der Waals surface area contributed by atoms with E-state index in [1.54, 1.807) is 47.4 Å². The number of nitrogens with zero attached hydrogens (tertiary/aromatic N) is 1. The van der Waals surface area contributed by atoms with E-state index in [1.807, 2.05) is 6.07 Å². The molecule has 1 aliphatic heterocycles. The molecule has 7 heteroatoms. The Bertz CT molecular complexity index is 954. The topological polar surface area (TPSA) is 83.6 Å². The van der Waals surface area contributed by atoms with Crippen molar-refractivity contribution in [3.05, 3.63) is 59.7 Å². The Labute approximate surface area is 152 Å². The molecule has 6 nitrogen and oxygen atoms in total. The van der Waals surface area contributed by atoms with Crippen LogP contribution < -0.4 is 10.2 Å². The fourth-order valence-electron chi connectivity index (χ4n) is 3.02. The molecule has 0 spiro atoms. The maximum absolute atomic E-state index is 12.6. The molecule has 0 bridgehead atoms. The summed E-state index contributed by atoms with van der Waals surface area (Å²) < 4.78 is 22.9. The lowest BCUT2D eigenvalue weighted by molar-refractivity contribution is -0.117. The zero-order valence-electron chi connectivity index (χ0n) is 14.4. The molecule has 2 aromatic carbocycles. The Balaban J connectivity index is 1.83. The zero-order valence-corrected chi connectivity index (χ0v) is 15.3. The van der Waals surface area contributed by atoms with Gasteiger partial charge in [0.2, 0.25) is 5.91 Å². The van der Waals surface area contributed by atoms with E-state index < -0.39 is 9.84 Å². The highest BCUT2D eigenvalue weighted by Crippen LogP contribution is 2.29. The second kappa shape index (κ2) is 7.29. The molecule has 26 heavy (non-hydrogen) atoms. The van der Waals surface area contributed by atoms with Crippen LogP contribution in [0, 0.1) is 0 Å². The van der Waals surface area contributed by atoms with Gasteiger partial charge in [0.1, 0.15) is 0 Å². The van der Waals surface area contributed by atoms with Gasteiger partial charge in [0, 0.05) is 24.8 Å². The van der Waals surface area contributed by atoms with Gasteiger partial charge in [0.15, 0.2) is 9.84 Å². The van der Waals surface area contributed by atoms with Gasteiger partial charge in [0.05, 0.1) is 17.1 Å². The van der Waals surface area contributed by atoms with Crippen LogP contribution >= 0.6 is 0 Å². The maximum Gasteiger partial charge on any atom is 0.255 e. The number of nitrogens with one attached hydrogen (secondary N) is 1.